The highest BCUT2D eigenvalue weighted by Crippen LogP contribution is 2.34. The van der Waals surface area contributed by atoms with Crippen LogP contribution >= 0.6 is 0 Å². The number of aromatic carboxylic acids is 1. The van der Waals surface area contributed by atoms with Crippen LogP contribution in [-0.2, 0) is 19.3 Å². The van der Waals surface area contributed by atoms with Crippen molar-refractivity contribution in [3.63, 3.8) is 0 Å². The Morgan fingerprint density at radius 1 is 1.06 bits per heavy atom. The fourth-order valence-corrected chi connectivity index (χ4v) is 6.27. The maximum absolute atomic E-state index is 11.6. The minimum atomic E-state index is -0.946. The van der Waals surface area contributed by atoms with Crippen LogP contribution in [0.4, 0.5) is 0 Å². The zero-order valence-electron chi connectivity index (χ0n) is 21.0. The smallest absolute Gasteiger partial charge is 0.356 e. The molecule has 6 heteroatoms. The molecular weight excluding hydrogens is 448 g/mol. The van der Waals surface area contributed by atoms with E-state index < -0.39 is 5.97 Å². The molecule has 36 heavy (non-hydrogen) atoms. The Morgan fingerprint density at radius 3 is 2.69 bits per heavy atom. The zero-order valence-corrected chi connectivity index (χ0v) is 21.0. The van der Waals surface area contributed by atoms with Gasteiger partial charge in [0.15, 0.2) is 5.69 Å². The number of carbonyl (C=O) groups is 1. The average molecular weight is 481 g/mol. The van der Waals surface area contributed by atoms with E-state index in [4.69, 9.17) is 4.98 Å². The van der Waals surface area contributed by atoms with Crippen LogP contribution in [0.3, 0.4) is 0 Å². The van der Waals surface area contributed by atoms with Gasteiger partial charge in [-0.3, -0.25) is 4.98 Å². The summed E-state index contributed by atoms with van der Waals surface area (Å²) in [5.41, 5.74) is 9.80. The van der Waals surface area contributed by atoms with Crippen LogP contribution in [0.5, 0.6) is 0 Å². The number of aryl methyl sites for hydroxylation is 2. The Kier molecular flexibility index (Phi) is 5.84. The SMILES string of the molecule is Cc1ccc2c(C3CCN(CCc4c(C)ccc5c4CCc4c(C(=O)O)ncn4-5)CC3)cccc2n1. The third kappa shape index (κ3) is 3.99. The highest BCUT2D eigenvalue weighted by molar-refractivity contribution is 5.87. The number of hydrogen-bond acceptors (Lipinski definition) is 4. The topological polar surface area (TPSA) is 71.2 Å². The second kappa shape index (κ2) is 9.17. The minimum absolute atomic E-state index is 0.183. The van der Waals surface area contributed by atoms with E-state index in [1.165, 1.54) is 40.5 Å². The third-order valence-corrected chi connectivity index (χ3v) is 8.19. The number of aromatic nitrogens is 3. The summed E-state index contributed by atoms with van der Waals surface area (Å²) < 4.78 is 1.98. The molecule has 2 aliphatic rings. The molecule has 1 fully saturated rings. The van der Waals surface area contributed by atoms with E-state index in [2.05, 4.69) is 66.2 Å². The van der Waals surface area contributed by atoms with Crippen molar-refractivity contribution in [2.45, 2.75) is 51.9 Å². The normalized spacial score (nSPS) is 16.2. The lowest BCUT2D eigenvalue weighted by Gasteiger charge is -2.33. The zero-order chi connectivity index (χ0) is 24.8. The maximum atomic E-state index is 11.6. The van der Waals surface area contributed by atoms with E-state index in [-0.39, 0.29) is 5.69 Å². The van der Waals surface area contributed by atoms with Gasteiger partial charge in [0.2, 0.25) is 0 Å². The van der Waals surface area contributed by atoms with Gasteiger partial charge in [0, 0.05) is 17.6 Å². The second-order valence-electron chi connectivity index (χ2n) is 10.3. The first-order valence-electron chi connectivity index (χ1n) is 13.0. The van der Waals surface area contributed by atoms with Gasteiger partial charge in [-0.05, 0) is 105 Å². The fraction of sp³-hybridized carbons (Fsp3) is 0.367. The molecule has 2 aromatic heterocycles. The number of imidazole rings is 1. The lowest BCUT2D eigenvalue weighted by molar-refractivity contribution is 0.0689. The second-order valence-corrected chi connectivity index (χ2v) is 10.3. The molecule has 0 spiro atoms. The number of hydrogen-bond donors (Lipinski definition) is 1. The molecule has 2 aliphatic heterocycles. The summed E-state index contributed by atoms with van der Waals surface area (Å²) in [7, 11) is 0. The lowest BCUT2D eigenvalue weighted by atomic mass is 9.86. The monoisotopic (exact) mass is 480 g/mol. The number of rotatable bonds is 5. The molecule has 0 saturated carbocycles. The molecule has 4 aromatic rings. The molecule has 1 N–H and O–H groups in total. The van der Waals surface area contributed by atoms with Gasteiger partial charge in [0.25, 0.3) is 0 Å². The number of piperidine rings is 1. The molecule has 0 atom stereocenters. The van der Waals surface area contributed by atoms with Crippen LogP contribution < -0.4 is 0 Å². The molecule has 0 amide bonds. The van der Waals surface area contributed by atoms with E-state index in [0.29, 0.717) is 5.92 Å². The molecular formula is C30H32N4O2. The number of carboxylic acid groups (broad SMARTS) is 1. The first-order valence-corrected chi connectivity index (χ1v) is 13.0. The van der Waals surface area contributed by atoms with Crippen molar-refractivity contribution in [3.8, 4) is 5.69 Å². The highest BCUT2D eigenvalue weighted by Gasteiger charge is 2.26. The predicted octanol–water partition coefficient (Wildman–Crippen LogP) is 5.26. The minimum Gasteiger partial charge on any atom is -0.476 e. The maximum Gasteiger partial charge on any atom is 0.356 e. The molecule has 1 saturated heterocycles. The van der Waals surface area contributed by atoms with E-state index in [1.807, 2.05) is 4.57 Å². The lowest BCUT2D eigenvalue weighted by Crippen LogP contribution is -2.34. The summed E-state index contributed by atoms with van der Waals surface area (Å²) >= 11 is 0. The summed E-state index contributed by atoms with van der Waals surface area (Å²) in [4.78, 5) is 23.1. The number of carboxylic acids is 1. The van der Waals surface area contributed by atoms with Gasteiger partial charge in [0.05, 0.1) is 16.9 Å². The summed E-state index contributed by atoms with van der Waals surface area (Å²) in [6, 6.07) is 15.2. The van der Waals surface area contributed by atoms with Crippen LogP contribution in [0, 0.1) is 13.8 Å². The van der Waals surface area contributed by atoms with Crippen molar-refractivity contribution in [2.75, 3.05) is 19.6 Å². The summed E-state index contributed by atoms with van der Waals surface area (Å²) in [6.07, 6.45) is 6.63. The first kappa shape index (κ1) is 22.9. The van der Waals surface area contributed by atoms with Gasteiger partial charge < -0.3 is 14.6 Å². The van der Waals surface area contributed by atoms with E-state index in [0.717, 1.165) is 61.5 Å². The van der Waals surface area contributed by atoms with Gasteiger partial charge in [-0.25, -0.2) is 9.78 Å². The Labute approximate surface area is 211 Å². The third-order valence-electron chi connectivity index (χ3n) is 8.19. The Morgan fingerprint density at radius 2 is 1.89 bits per heavy atom. The van der Waals surface area contributed by atoms with Gasteiger partial charge in [-0.15, -0.1) is 0 Å². The molecule has 0 radical (unpaired) electrons. The Balaban J connectivity index is 1.16. The van der Waals surface area contributed by atoms with Crippen LogP contribution in [0.1, 0.15) is 62.9 Å². The molecule has 0 bridgehead atoms. The van der Waals surface area contributed by atoms with Gasteiger partial charge in [-0.2, -0.15) is 0 Å². The quantitative estimate of drug-likeness (QED) is 0.422. The van der Waals surface area contributed by atoms with Crippen molar-refractivity contribution in [1.29, 1.82) is 0 Å². The van der Waals surface area contributed by atoms with Crippen molar-refractivity contribution in [1.82, 2.24) is 19.4 Å². The molecule has 6 rings (SSSR count). The summed E-state index contributed by atoms with van der Waals surface area (Å²) in [6.45, 7) is 7.53. The number of nitrogens with zero attached hydrogens (tertiary/aromatic N) is 4. The van der Waals surface area contributed by atoms with Crippen molar-refractivity contribution in [2.24, 2.45) is 0 Å². The molecule has 6 nitrogen and oxygen atoms in total. The largest absolute Gasteiger partial charge is 0.476 e. The number of pyridine rings is 1. The van der Waals surface area contributed by atoms with Crippen molar-refractivity contribution < 1.29 is 9.90 Å². The fourth-order valence-electron chi connectivity index (χ4n) is 6.27. The van der Waals surface area contributed by atoms with Crippen LogP contribution in [0.15, 0.2) is 48.8 Å². The van der Waals surface area contributed by atoms with Crippen molar-refractivity contribution >= 4 is 16.9 Å². The standard InChI is InChI=1S/C30H32N4O2/c1-19-6-10-27-25(9-11-28-29(30(35)36)31-18-34(27)28)22(19)14-17-33-15-12-21(13-16-33)23-4-3-5-26-24(23)8-7-20(2)32-26/h3-8,10,18,21H,9,11-17H2,1-2H3,(H,35,36). The van der Waals surface area contributed by atoms with Crippen LogP contribution in [0.2, 0.25) is 0 Å². The van der Waals surface area contributed by atoms with Gasteiger partial charge in [-0.1, -0.05) is 24.3 Å². The number of benzene rings is 2. The first-order chi connectivity index (χ1) is 17.5. The molecule has 0 aliphatic carbocycles. The number of likely N-dealkylation sites (tertiary alicyclic amines) is 1. The van der Waals surface area contributed by atoms with Gasteiger partial charge in [0.1, 0.15) is 6.33 Å². The summed E-state index contributed by atoms with van der Waals surface area (Å²) in [5.74, 6) is -0.360. The predicted molar refractivity (Wildman–Crippen MR) is 141 cm³/mol. The molecule has 184 valence electrons. The van der Waals surface area contributed by atoms with E-state index in [9.17, 15) is 9.90 Å². The highest BCUT2D eigenvalue weighted by atomic mass is 16.4. The molecule has 0 unspecified atom stereocenters. The Hall–Kier alpha value is -3.51. The van der Waals surface area contributed by atoms with Gasteiger partial charge >= 0.3 is 5.97 Å². The van der Waals surface area contributed by atoms with E-state index in [1.54, 1.807) is 6.33 Å². The summed E-state index contributed by atoms with van der Waals surface area (Å²) in [5, 5.41) is 10.8. The van der Waals surface area contributed by atoms with Crippen LogP contribution in [-0.4, -0.2) is 50.1 Å². The molecule has 4 heterocycles. The number of fused-ring (bicyclic) bond motifs is 4. The van der Waals surface area contributed by atoms with Crippen molar-refractivity contribution in [3.05, 3.63) is 88.1 Å². The van der Waals surface area contributed by atoms with Crippen LogP contribution in [0.25, 0.3) is 16.6 Å². The Bertz CT molecular complexity index is 1460. The molecule has 2 aromatic carbocycles. The van der Waals surface area contributed by atoms with E-state index >= 15 is 0 Å². The average Bonchev–Trinajstić information content (AvgIpc) is 3.33.